The minimum absolute atomic E-state index is 0.0143. The molecule has 1 aromatic rings. The Bertz CT molecular complexity index is 309. The summed E-state index contributed by atoms with van der Waals surface area (Å²) in [4.78, 5) is 4.40. The maximum Gasteiger partial charge on any atom is 0.227 e. The van der Waals surface area contributed by atoms with Crippen molar-refractivity contribution in [2.75, 3.05) is 13.1 Å². The summed E-state index contributed by atoms with van der Waals surface area (Å²) < 4.78 is 5.21. The average Bonchev–Trinajstić information content (AvgIpc) is 2.43. The summed E-state index contributed by atoms with van der Waals surface area (Å²) in [6, 6.07) is 0. The van der Waals surface area contributed by atoms with Crippen LogP contribution >= 0.6 is 0 Å². The van der Waals surface area contributed by atoms with Crippen LogP contribution in [0.15, 0.2) is 4.52 Å². The van der Waals surface area contributed by atoms with E-state index in [1.807, 2.05) is 0 Å². The number of rotatable bonds is 2. The van der Waals surface area contributed by atoms with Crippen LogP contribution in [0.2, 0.25) is 0 Å². The fourth-order valence-corrected chi connectivity index (χ4v) is 1.38. The zero-order valence-corrected chi connectivity index (χ0v) is 9.00. The van der Waals surface area contributed by atoms with Crippen molar-refractivity contribution in [2.24, 2.45) is 5.92 Å². The maximum absolute atomic E-state index is 5.21. The van der Waals surface area contributed by atoms with E-state index in [9.17, 15) is 0 Å². The van der Waals surface area contributed by atoms with Crippen molar-refractivity contribution in [2.45, 2.75) is 32.6 Å². The summed E-state index contributed by atoms with van der Waals surface area (Å²) in [6.45, 7) is 8.42. The highest BCUT2D eigenvalue weighted by molar-refractivity contribution is 5.00. The minimum atomic E-state index is -0.0143. The molecule has 0 bridgehead atoms. The zero-order chi connectivity index (χ0) is 10.2. The van der Waals surface area contributed by atoms with Crippen LogP contribution < -0.4 is 5.32 Å². The van der Waals surface area contributed by atoms with Crippen molar-refractivity contribution in [1.29, 1.82) is 0 Å². The largest absolute Gasteiger partial charge is 0.339 e. The number of hydrogen-bond donors (Lipinski definition) is 1. The first-order valence-corrected chi connectivity index (χ1v) is 5.09. The molecule has 1 N–H and O–H groups in total. The Hall–Kier alpha value is -0.900. The highest BCUT2D eigenvalue weighted by Crippen LogP contribution is 2.19. The molecule has 1 saturated heterocycles. The van der Waals surface area contributed by atoms with Gasteiger partial charge in [-0.2, -0.15) is 4.98 Å². The quantitative estimate of drug-likeness (QED) is 0.768. The number of nitrogens with zero attached hydrogens (tertiary/aromatic N) is 2. The van der Waals surface area contributed by atoms with Crippen LogP contribution in [0.4, 0.5) is 0 Å². The molecular weight excluding hydrogens is 178 g/mol. The second-order valence-corrected chi connectivity index (χ2v) is 4.99. The third kappa shape index (κ3) is 1.95. The third-order valence-corrected chi connectivity index (χ3v) is 2.47. The summed E-state index contributed by atoms with van der Waals surface area (Å²) in [6.07, 6.45) is 0.913. The maximum atomic E-state index is 5.21. The Balaban J connectivity index is 2.02. The molecule has 0 radical (unpaired) electrons. The van der Waals surface area contributed by atoms with Crippen LogP contribution in [0.1, 0.15) is 32.5 Å². The van der Waals surface area contributed by atoms with Gasteiger partial charge in [-0.05, 0) is 19.0 Å². The molecule has 0 aliphatic carbocycles. The molecule has 4 heteroatoms. The van der Waals surface area contributed by atoms with Crippen molar-refractivity contribution in [3.05, 3.63) is 11.7 Å². The van der Waals surface area contributed by atoms with Gasteiger partial charge in [0.05, 0.1) is 0 Å². The van der Waals surface area contributed by atoms with Gasteiger partial charge in [0.1, 0.15) is 0 Å². The second kappa shape index (κ2) is 3.35. The number of aromatic nitrogens is 2. The molecule has 1 aliphatic heterocycles. The van der Waals surface area contributed by atoms with E-state index in [-0.39, 0.29) is 5.41 Å². The fraction of sp³-hybridized carbons (Fsp3) is 0.800. The lowest BCUT2D eigenvalue weighted by Gasteiger charge is -2.25. The van der Waals surface area contributed by atoms with Crippen molar-refractivity contribution in [3.8, 4) is 0 Å². The molecule has 78 valence electrons. The van der Waals surface area contributed by atoms with Crippen molar-refractivity contribution in [1.82, 2.24) is 15.5 Å². The molecule has 4 nitrogen and oxygen atoms in total. The molecule has 0 unspecified atom stereocenters. The van der Waals surface area contributed by atoms with Crippen LogP contribution in [0.25, 0.3) is 0 Å². The van der Waals surface area contributed by atoms with Crippen LogP contribution in [-0.4, -0.2) is 23.2 Å². The van der Waals surface area contributed by atoms with E-state index in [0.717, 1.165) is 31.2 Å². The molecule has 0 aromatic carbocycles. The minimum Gasteiger partial charge on any atom is -0.339 e. The van der Waals surface area contributed by atoms with Gasteiger partial charge < -0.3 is 9.84 Å². The molecule has 0 amide bonds. The van der Waals surface area contributed by atoms with Crippen LogP contribution in [0, 0.1) is 5.92 Å². The molecule has 0 spiro atoms. The van der Waals surface area contributed by atoms with Crippen LogP contribution in [0.3, 0.4) is 0 Å². The third-order valence-electron chi connectivity index (χ3n) is 2.47. The Morgan fingerprint density at radius 1 is 1.43 bits per heavy atom. The van der Waals surface area contributed by atoms with Crippen molar-refractivity contribution < 1.29 is 4.52 Å². The van der Waals surface area contributed by atoms with Crippen molar-refractivity contribution in [3.63, 3.8) is 0 Å². The molecule has 0 saturated carbocycles. The summed E-state index contributed by atoms with van der Waals surface area (Å²) in [5.74, 6) is 2.27. The van der Waals surface area contributed by atoms with Gasteiger partial charge in [-0.15, -0.1) is 0 Å². The van der Waals surface area contributed by atoms with Gasteiger partial charge in [0.25, 0.3) is 0 Å². The lowest BCUT2D eigenvalue weighted by atomic mass is 9.96. The second-order valence-electron chi connectivity index (χ2n) is 4.99. The fourth-order valence-electron chi connectivity index (χ4n) is 1.38. The summed E-state index contributed by atoms with van der Waals surface area (Å²) in [5.41, 5.74) is -0.0143. The lowest BCUT2D eigenvalue weighted by molar-refractivity contribution is 0.293. The monoisotopic (exact) mass is 195 g/mol. The molecular formula is C10H17N3O. The molecule has 1 aliphatic rings. The predicted octanol–water partition coefficient (Wildman–Crippen LogP) is 1.13. The van der Waals surface area contributed by atoms with Crippen LogP contribution in [-0.2, 0) is 11.8 Å². The standard InChI is InChI=1S/C10H17N3O/c1-10(2,3)9-12-8(14-13-9)4-7-5-11-6-7/h7,11H,4-6H2,1-3H3. The zero-order valence-electron chi connectivity index (χ0n) is 9.00. The molecule has 2 rings (SSSR count). The lowest BCUT2D eigenvalue weighted by Crippen LogP contribution is -2.43. The summed E-state index contributed by atoms with van der Waals surface area (Å²) in [7, 11) is 0. The summed E-state index contributed by atoms with van der Waals surface area (Å²) >= 11 is 0. The first-order chi connectivity index (χ1) is 6.55. The molecule has 1 fully saturated rings. The molecule has 0 atom stereocenters. The Morgan fingerprint density at radius 2 is 2.14 bits per heavy atom. The Kier molecular flexibility index (Phi) is 2.31. The van der Waals surface area contributed by atoms with Gasteiger partial charge in [-0.1, -0.05) is 25.9 Å². The van der Waals surface area contributed by atoms with Gasteiger partial charge >= 0.3 is 0 Å². The highest BCUT2D eigenvalue weighted by atomic mass is 16.5. The SMILES string of the molecule is CC(C)(C)c1noc(CC2CNC2)n1. The first kappa shape index (κ1) is 9.65. The van der Waals surface area contributed by atoms with E-state index < -0.39 is 0 Å². The summed E-state index contributed by atoms with van der Waals surface area (Å²) in [5, 5.41) is 7.22. The molecule has 1 aromatic heterocycles. The normalized spacial score (nSPS) is 18.2. The topological polar surface area (TPSA) is 51.0 Å². The number of nitrogens with one attached hydrogen (secondary N) is 1. The smallest absolute Gasteiger partial charge is 0.227 e. The first-order valence-electron chi connectivity index (χ1n) is 5.09. The number of hydrogen-bond acceptors (Lipinski definition) is 4. The van der Waals surface area contributed by atoms with E-state index in [1.54, 1.807) is 0 Å². The van der Waals surface area contributed by atoms with E-state index >= 15 is 0 Å². The van der Waals surface area contributed by atoms with Crippen molar-refractivity contribution >= 4 is 0 Å². The van der Waals surface area contributed by atoms with Gasteiger partial charge in [-0.25, -0.2) is 0 Å². The van der Waals surface area contributed by atoms with E-state index in [4.69, 9.17) is 4.52 Å². The Labute approximate surface area is 84.1 Å². The van der Waals surface area contributed by atoms with E-state index in [2.05, 4.69) is 36.2 Å². The average molecular weight is 195 g/mol. The van der Waals surface area contributed by atoms with Gasteiger partial charge in [0, 0.05) is 11.8 Å². The Morgan fingerprint density at radius 3 is 2.57 bits per heavy atom. The highest BCUT2D eigenvalue weighted by Gasteiger charge is 2.24. The van der Waals surface area contributed by atoms with E-state index in [1.165, 1.54) is 0 Å². The van der Waals surface area contributed by atoms with Gasteiger partial charge in [-0.3, -0.25) is 0 Å². The van der Waals surface area contributed by atoms with Crippen LogP contribution in [0.5, 0.6) is 0 Å². The predicted molar refractivity (Wildman–Crippen MR) is 53.1 cm³/mol. The van der Waals surface area contributed by atoms with Gasteiger partial charge in [0.2, 0.25) is 5.89 Å². The molecule has 14 heavy (non-hydrogen) atoms. The molecule has 2 heterocycles. The van der Waals surface area contributed by atoms with Gasteiger partial charge in [0.15, 0.2) is 5.82 Å². The van der Waals surface area contributed by atoms with E-state index in [0.29, 0.717) is 5.92 Å².